The fraction of sp³-hybridized carbons (Fsp3) is 0.500. The summed E-state index contributed by atoms with van der Waals surface area (Å²) in [5.41, 5.74) is -0.317. The molecule has 22 heavy (non-hydrogen) atoms. The quantitative estimate of drug-likeness (QED) is 0.815. The van der Waals surface area contributed by atoms with Gasteiger partial charge in [0.25, 0.3) is 0 Å². The highest BCUT2D eigenvalue weighted by molar-refractivity contribution is 6.34. The topological polar surface area (TPSA) is 80.3 Å². The largest absolute Gasteiger partial charge is 0.444 e. The number of pyridine rings is 1. The molecule has 122 valence electrons. The number of aromatic nitrogens is 1. The van der Waals surface area contributed by atoms with Gasteiger partial charge in [0.2, 0.25) is 5.91 Å². The van der Waals surface area contributed by atoms with E-state index in [-0.39, 0.29) is 10.3 Å². The van der Waals surface area contributed by atoms with Crippen molar-refractivity contribution in [3.8, 4) is 0 Å². The molecule has 0 radical (unpaired) electrons. The molecule has 0 spiro atoms. The van der Waals surface area contributed by atoms with E-state index < -0.39 is 23.6 Å². The number of alkyl carbamates (subject to hydrolysis) is 1. The fourth-order valence-electron chi connectivity index (χ4n) is 1.53. The van der Waals surface area contributed by atoms with E-state index in [2.05, 4.69) is 15.6 Å². The van der Waals surface area contributed by atoms with Crippen molar-refractivity contribution in [2.24, 2.45) is 0 Å². The summed E-state index contributed by atoms with van der Waals surface area (Å²) in [6, 6.07) is 2.29. The van der Waals surface area contributed by atoms with Gasteiger partial charge in [-0.25, -0.2) is 9.78 Å². The molecule has 1 aromatic heterocycles. The van der Waals surface area contributed by atoms with Crippen molar-refractivity contribution in [1.82, 2.24) is 10.3 Å². The first-order valence-electron chi connectivity index (χ1n) is 6.75. The average molecular weight is 348 g/mol. The van der Waals surface area contributed by atoms with Crippen LogP contribution in [0.4, 0.5) is 10.5 Å². The number of hydrogen-bond acceptors (Lipinski definition) is 4. The lowest BCUT2D eigenvalue weighted by Gasteiger charge is -2.22. The van der Waals surface area contributed by atoms with Gasteiger partial charge >= 0.3 is 6.09 Å². The van der Waals surface area contributed by atoms with Crippen LogP contribution in [0, 0.1) is 0 Å². The van der Waals surface area contributed by atoms with Gasteiger partial charge < -0.3 is 15.4 Å². The lowest BCUT2D eigenvalue weighted by molar-refractivity contribution is -0.118. The van der Waals surface area contributed by atoms with Gasteiger partial charge in [-0.05, 0) is 39.3 Å². The highest BCUT2D eigenvalue weighted by atomic mass is 35.5. The Morgan fingerprint density at radius 3 is 2.45 bits per heavy atom. The molecule has 2 amide bonds. The Hall–Kier alpha value is -1.53. The molecule has 0 saturated carbocycles. The zero-order valence-electron chi connectivity index (χ0n) is 12.9. The van der Waals surface area contributed by atoms with Gasteiger partial charge in [0.05, 0.1) is 5.69 Å². The molecule has 0 aliphatic heterocycles. The summed E-state index contributed by atoms with van der Waals surface area (Å²) in [4.78, 5) is 27.7. The molecule has 1 aromatic rings. The zero-order valence-corrected chi connectivity index (χ0v) is 14.4. The Kier molecular flexibility index (Phi) is 6.44. The highest BCUT2D eigenvalue weighted by Crippen LogP contribution is 2.21. The molecule has 0 bridgehead atoms. The second kappa shape index (κ2) is 7.65. The van der Waals surface area contributed by atoms with Crippen LogP contribution in [-0.2, 0) is 9.53 Å². The molecular weight excluding hydrogens is 329 g/mol. The van der Waals surface area contributed by atoms with Gasteiger partial charge in [-0.3, -0.25) is 4.79 Å². The smallest absolute Gasteiger partial charge is 0.408 e. The van der Waals surface area contributed by atoms with E-state index in [4.69, 9.17) is 27.9 Å². The van der Waals surface area contributed by atoms with Crippen molar-refractivity contribution in [3.63, 3.8) is 0 Å². The molecule has 1 heterocycles. The molecule has 8 heteroatoms. The first-order valence-corrected chi connectivity index (χ1v) is 7.50. The van der Waals surface area contributed by atoms with Crippen LogP contribution in [0.5, 0.6) is 0 Å². The standard InChI is InChI=1S/C14H19Cl2N3O3/c1-5-8(18-13(21)22-14(2,3)4)12(20)17-9-6-7-10(15)19-11(9)16/h6-8H,5H2,1-4H3,(H,17,20)(H,18,21)/t8-/m1/s1. The molecule has 0 aliphatic rings. The van der Waals surface area contributed by atoms with Crippen LogP contribution in [-0.4, -0.2) is 28.6 Å². The Morgan fingerprint density at radius 1 is 1.32 bits per heavy atom. The van der Waals surface area contributed by atoms with E-state index in [0.717, 1.165) is 0 Å². The van der Waals surface area contributed by atoms with Crippen LogP contribution in [0.1, 0.15) is 34.1 Å². The van der Waals surface area contributed by atoms with Crippen molar-refractivity contribution in [3.05, 3.63) is 22.4 Å². The monoisotopic (exact) mass is 347 g/mol. The molecule has 0 saturated heterocycles. The maximum atomic E-state index is 12.2. The Labute approximate surface area is 139 Å². The predicted octanol–water partition coefficient (Wildman–Crippen LogP) is 3.63. The van der Waals surface area contributed by atoms with E-state index >= 15 is 0 Å². The predicted molar refractivity (Wildman–Crippen MR) is 86.3 cm³/mol. The van der Waals surface area contributed by atoms with Gasteiger partial charge in [0.1, 0.15) is 16.8 Å². The van der Waals surface area contributed by atoms with E-state index in [1.54, 1.807) is 27.7 Å². The minimum atomic E-state index is -0.749. The van der Waals surface area contributed by atoms with Crippen LogP contribution in [0.2, 0.25) is 10.3 Å². The van der Waals surface area contributed by atoms with Crippen molar-refractivity contribution >= 4 is 40.9 Å². The number of ether oxygens (including phenoxy) is 1. The number of nitrogens with zero attached hydrogens (tertiary/aromatic N) is 1. The SMILES string of the molecule is CC[C@@H](NC(=O)OC(C)(C)C)C(=O)Nc1ccc(Cl)nc1Cl. The maximum Gasteiger partial charge on any atom is 0.408 e. The number of carbonyl (C=O) groups excluding carboxylic acids is 2. The van der Waals surface area contributed by atoms with E-state index in [1.165, 1.54) is 12.1 Å². The number of carbonyl (C=O) groups is 2. The highest BCUT2D eigenvalue weighted by Gasteiger charge is 2.23. The van der Waals surface area contributed by atoms with Gasteiger partial charge in [-0.2, -0.15) is 0 Å². The van der Waals surface area contributed by atoms with Crippen molar-refractivity contribution in [1.29, 1.82) is 0 Å². The molecule has 0 fully saturated rings. The average Bonchev–Trinajstić information content (AvgIpc) is 2.37. The zero-order chi connectivity index (χ0) is 16.9. The second-order valence-corrected chi connectivity index (χ2v) is 6.31. The molecule has 6 nitrogen and oxygen atoms in total. The van der Waals surface area contributed by atoms with Crippen LogP contribution in [0.25, 0.3) is 0 Å². The summed E-state index contributed by atoms with van der Waals surface area (Å²) in [5, 5.41) is 5.41. The van der Waals surface area contributed by atoms with E-state index in [1.807, 2.05) is 0 Å². The summed E-state index contributed by atoms with van der Waals surface area (Å²) in [6.07, 6.45) is -0.265. The first kappa shape index (κ1) is 18.5. The molecule has 1 atom stereocenters. The summed E-state index contributed by atoms with van der Waals surface area (Å²) in [5.74, 6) is -0.417. The molecule has 0 unspecified atom stereocenters. The number of anilines is 1. The molecule has 1 rings (SSSR count). The minimum absolute atomic E-state index is 0.0768. The van der Waals surface area contributed by atoms with E-state index in [9.17, 15) is 9.59 Å². The maximum absolute atomic E-state index is 12.2. The minimum Gasteiger partial charge on any atom is -0.444 e. The summed E-state index contributed by atoms with van der Waals surface area (Å²) in [7, 11) is 0. The molecule has 2 N–H and O–H groups in total. The third-order valence-corrected chi connectivity index (χ3v) is 2.99. The summed E-state index contributed by atoms with van der Waals surface area (Å²) >= 11 is 11.6. The number of hydrogen-bond donors (Lipinski definition) is 2. The van der Waals surface area contributed by atoms with Crippen LogP contribution in [0.15, 0.2) is 12.1 Å². The van der Waals surface area contributed by atoms with Crippen molar-refractivity contribution in [2.75, 3.05) is 5.32 Å². The lowest BCUT2D eigenvalue weighted by Crippen LogP contribution is -2.45. The third-order valence-electron chi connectivity index (χ3n) is 2.49. The molecule has 0 aliphatic carbocycles. The van der Waals surface area contributed by atoms with Crippen LogP contribution in [0.3, 0.4) is 0 Å². The van der Waals surface area contributed by atoms with Crippen molar-refractivity contribution < 1.29 is 14.3 Å². The summed E-state index contributed by atoms with van der Waals surface area (Å²) < 4.78 is 5.12. The number of amides is 2. The van der Waals surface area contributed by atoms with Crippen molar-refractivity contribution in [2.45, 2.75) is 45.8 Å². The Bertz CT molecular complexity index is 559. The normalized spacial score (nSPS) is 12.5. The second-order valence-electron chi connectivity index (χ2n) is 5.57. The van der Waals surface area contributed by atoms with Gasteiger partial charge in [0.15, 0.2) is 5.15 Å². The Balaban J connectivity index is 2.70. The third kappa shape index (κ3) is 6.07. The summed E-state index contributed by atoms with van der Waals surface area (Å²) in [6.45, 7) is 7.00. The first-order chi connectivity index (χ1) is 10.1. The lowest BCUT2D eigenvalue weighted by atomic mass is 10.2. The number of rotatable bonds is 4. The molecule has 0 aromatic carbocycles. The van der Waals surface area contributed by atoms with Gasteiger partial charge in [-0.1, -0.05) is 30.1 Å². The van der Waals surface area contributed by atoms with Gasteiger partial charge in [-0.15, -0.1) is 0 Å². The van der Waals surface area contributed by atoms with Crippen LogP contribution >= 0.6 is 23.2 Å². The molecular formula is C14H19Cl2N3O3. The number of halogens is 2. The van der Waals surface area contributed by atoms with E-state index in [0.29, 0.717) is 12.1 Å². The fourth-order valence-corrected chi connectivity index (χ4v) is 1.92. The van der Waals surface area contributed by atoms with Gasteiger partial charge in [0, 0.05) is 0 Å². The Morgan fingerprint density at radius 2 is 1.95 bits per heavy atom. The number of nitrogens with one attached hydrogen (secondary N) is 2. The van der Waals surface area contributed by atoms with Crippen LogP contribution < -0.4 is 10.6 Å².